The third kappa shape index (κ3) is 4.05. The van der Waals surface area contributed by atoms with E-state index in [2.05, 4.69) is 4.98 Å². The molecule has 6 heteroatoms. The van der Waals surface area contributed by atoms with Gasteiger partial charge in [0.05, 0.1) is 18.9 Å². The van der Waals surface area contributed by atoms with Crippen LogP contribution in [0.1, 0.15) is 5.69 Å². The number of aliphatic hydroxyl groups is 2. The molecule has 2 N–H and O–H groups in total. The second-order valence-corrected chi connectivity index (χ2v) is 4.81. The summed E-state index contributed by atoms with van der Waals surface area (Å²) >= 11 is 5.94. The Kier molecular flexibility index (Phi) is 5.55. The highest BCUT2D eigenvalue weighted by atomic mass is 35.5. The van der Waals surface area contributed by atoms with Gasteiger partial charge in [-0.2, -0.15) is 0 Å². The summed E-state index contributed by atoms with van der Waals surface area (Å²) in [5.41, 5.74) is 1.57. The molecule has 108 valence electrons. The Labute approximate surface area is 122 Å². The van der Waals surface area contributed by atoms with E-state index in [9.17, 15) is 0 Å². The van der Waals surface area contributed by atoms with E-state index in [-0.39, 0.29) is 13.2 Å². The molecule has 0 fully saturated rings. The van der Waals surface area contributed by atoms with Crippen LogP contribution in [0.4, 0.5) is 0 Å². The Balaban J connectivity index is 2.08. The molecule has 0 amide bonds. The van der Waals surface area contributed by atoms with Crippen molar-refractivity contribution < 1.29 is 14.6 Å². The highest BCUT2D eigenvalue weighted by molar-refractivity contribution is 6.30. The number of aromatic nitrogens is 1. The Hall–Kier alpha value is -1.40. The lowest BCUT2D eigenvalue weighted by Crippen LogP contribution is -2.29. The Morgan fingerprint density at radius 3 is 2.60 bits per heavy atom. The van der Waals surface area contributed by atoms with Gasteiger partial charge in [-0.05, 0) is 18.2 Å². The summed E-state index contributed by atoms with van der Waals surface area (Å²) in [6, 6.07) is 7.29. The molecule has 1 aromatic carbocycles. The molecular weight excluding hydrogens is 280 g/mol. The number of benzene rings is 1. The number of nitrogens with zero attached hydrogens (tertiary/aromatic N) is 2. The van der Waals surface area contributed by atoms with E-state index >= 15 is 0 Å². The predicted molar refractivity (Wildman–Crippen MR) is 76.4 cm³/mol. The summed E-state index contributed by atoms with van der Waals surface area (Å²) in [6.07, 6.45) is 1.58. The summed E-state index contributed by atoms with van der Waals surface area (Å²) in [5.74, 6) is 0.510. The van der Waals surface area contributed by atoms with Crippen LogP contribution >= 0.6 is 11.6 Å². The van der Waals surface area contributed by atoms with Gasteiger partial charge in [-0.3, -0.25) is 4.90 Å². The number of rotatable bonds is 7. The van der Waals surface area contributed by atoms with Crippen molar-refractivity contribution >= 4 is 11.6 Å². The summed E-state index contributed by atoms with van der Waals surface area (Å²) in [7, 11) is 0. The fourth-order valence-corrected chi connectivity index (χ4v) is 2.11. The average molecular weight is 297 g/mol. The van der Waals surface area contributed by atoms with E-state index in [0.29, 0.717) is 30.5 Å². The maximum atomic E-state index is 8.97. The van der Waals surface area contributed by atoms with Crippen molar-refractivity contribution in [3.63, 3.8) is 0 Å². The lowest BCUT2D eigenvalue weighted by Gasteiger charge is -2.18. The number of hydrogen-bond donors (Lipinski definition) is 2. The molecule has 0 bridgehead atoms. The van der Waals surface area contributed by atoms with Gasteiger partial charge in [-0.1, -0.05) is 17.7 Å². The van der Waals surface area contributed by atoms with Crippen LogP contribution in [0, 0.1) is 0 Å². The number of hydrogen-bond acceptors (Lipinski definition) is 5. The average Bonchev–Trinajstić information content (AvgIpc) is 2.88. The predicted octanol–water partition coefficient (Wildman–Crippen LogP) is 1.78. The monoisotopic (exact) mass is 296 g/mol. The van der Waals surface area contributed by atoms with Crippen LogP contribution in [0.5, 0.6) is 0 Å². The van der Waals surface area contributed by atoms with E-state index in [1.807, 2.05) is 17.0 Å². The van der Waals surface area contributed by atoms with Crippen LogP contribution in [0.2, 0.25) is 5.02 Å². The van der Waals surface area contributed by atoms with Crippen molar-refractivity contribution in [2.75, 3.05) is 26.3 Å². The maximum absolute atomic E-state index is 8.97. The smallest absolute Gasteiger partial charge is 0.226 e. The first-order chi connectivity index (χ1) is 9.72. The molecule has 0 radical (unpaired) electrons. The van der Waals surface area contributed by atoms with Gasteiger partial charge < -0.3 is 14.6 Å². The number of aliphatic hydroxyl groups excluding tert-OH is 2. The van der Waals surface area contributed by atoms with Crippen LogP contribution in [-0.2, 0) is 6.54 Å². The lowest BCUT2D eigenvalue weighted by molar-refractivity contribution is 0.154. The van der Waals surface area contributed by atoms with Crippen LogP contribution in [-0.4, -0.2) is 46.4 Å². The quantitative estimate of drug-likeness (QED) is 0.815. The van der Waals surface area contributed by atoms with Gasteiger partial charge in [-0.15, -0.1) is 0 Å². The molecule has 0 aliphatic heterocycles. The zero-order valence-corrected chi connectivity index (χ0v) is 11.8. The molecular formula is C14H17ClN2O3. The molecule has 2 aromatic rings. The van der Waals surface area contributed by atoms with Crippen LogP contribution < -0.4 is 0 Å². The van der Waals surface area contributed by atoms with Crippen molar-refractivity contribution in [1.82, 2.24) is 9.88 Å². The molecule has 0 spiro atoms. The minimum absolute atomic E-state index is 0.0407. The van der Waals surface area contributed by atoms with E-state index in [4.69, 9.17) is 26.2 Å². The van der Waals surface area contributed by atoms with Crippen molar-refractivity contribution in [3.05, 3.63) is 41.2 Å². The van der Waals surface area contributed by atoms with Gasteiger partial charge in [0.2, 0.25) is 5.89 Å². The van der Waals surface area contributed by atoms with Crippen molar-refractivity contribution in [2.24, 2.45) is 0 Å². The van der Waals surface area contributed by atoms with E-state index in [1.165, 1.54) is 0 Å². The molecule has 0 saturated carbocycles. The molecule has 20 heavy (non-hydrogen) atoms. The van der Waals surface area contributed by atoms with Crippen LogP contribution in [0.15, 0.2) is 34.9 Å². The molecule has 0 atom stereocenters. The van der Waals surface area contributed by atoms with Crippen molar-refractivity contribution in [1.29, 1.82) is 0 Å². The van der Waals surface area contributed by atoms with Crippen LogP contribution in [0.25, 0.3) is 11.5 Å². The number of oxazole rings is 1. The fraction of sp³-hybridized carbons (Fsp3) is 0.357. The Bertz CT molecular complexity index is 539. The molecule has 0 aliphatic carbocycles. The summed E-state index contributed by atoms with van der Waals surface area (Å²) in [4.78, 5) is 6.30. The summed E-state index contributed by atoms with van der Waals surface area (Å²) in [5, 5.41) is 18.6. The standard InChI is InChI=1S/C14H17ClN2O3/c15-12-3-1-2-11(8-12)14-16-13(10-20-14)9-17(4-6-18)5-7-19/h1-3,8,10,18-19H,4-7,9H2. The summed E-state index contributed by atoms with van der Waals surface area (Å²) in [6.45, 7) is 1.57. The lowest BCUT2D eigenvalue weighted by atomic mass is 10.2. The highest BCUT2D eigenvalue weighted by Crippen LogP contribution is 2.22. The van der Waals surface area contributed by atoms with Crippen molar-refractivity contribution in [2.45, 2.75) is 6.54 Å². The first-order valence-electron chi connectivity index (χ1n) is 6.37. The minimum atomic E-state index is 0.0407. The molecule has 1 heterocycles. The largest absolute Gasteiger partial charge is 0.444 e. The van der Waals surface area contributed by atoms with E-state index < -0.39 is 0 Å². The third-order valence-corrected chi connectivity index (χ3v) is 3.08. The third-order valence-electron chi connectivity index (χ3n) is 2.84. The van der Waals surface area contributed by atoms with Gasteiger partial charge in [0.1, 0.15) is 6.26 Å². The Morgan fingerprint density at radius 2 is 1.95 bits per heavy atom. The fourth-order valence-electron chi connectivity index (χ4n) is 1.92. The summed E-state index contributed by atoms with van der Waals surface area (Å²) < 4.78 is 5.44. The molecule has 0 aliphatic rings. The topological polar surface area (TPSA) is 69.7 Å². The molecule has 2 rings (SSSR count). The number of halogens is 1. The van der Waals surface area contributed by atoms with E-state index in [0.717, 1.165) is 11.3 Å². The first kappa shape index (κ1) is 15.0. The minimum Gasteiger partial charge on any atom is -0.444 e. The zero-order chi connectivity index (χ0) is 14.4. The Morgan fingerprint density at radius 1 is 1.20 bits per heavy atom. The van der Waals surface area contributed by atoms with Gasteiger partial charge in [0.15, 0.2) is 0 Å². The van der Waals surface area contributed by atoms with Crippen LogP contribution in [0.3, 0.4) is 0 Å². The second kappa shape index (κ2) is 7.40. The van der Waals surface area contributed by atoms with Gasteiger partial charge in [0.25, 0.3) is 0 Å². The van der Waals surface area contributed by atoms with Gasteiger partial charge in [-0.25, -0.2) is 4.98 Å². The molecule has 1 aromatic heterocycles. The SMILES string of the molecule is OCCN(CCO)Cc1coc(-c2cccc(Cl)c2)n1. The highest BCUT2D eigenvalue weighted by Gasteiger charge is 2.11. The molecule has 0 unspecified atom stereocenters. The van der Waals surface area contributed by atoms with Gasteiger partial charge >= 0.3 is 0 Å². The first-order valence-corrected chi connectivity index (χ1v) is 6.75. The van der Waals surface area contributed by atoms with Gasteiger partial charge in [0, 0.05) is 30.2 Å². The van der Waals surface area contributed by atoms with E-state index in [1.54, 1.807) is 18.4 Å². The van der Waals surface area contributed by atoms with Crippen molar-refractivity contribution in [3.8, 4) is 11.5 Å². The maximum Gasteiger partial charge on any atom is 0.226 e. The second-order valence-electron chi connectivity index (χ2n) is 4.38. The molecule has 0 saturated heterocycles. The normalized spacial score (nSPS) is 11.2. The zero-order valence-electron chi connectivity index (χ0n) is 11.0. The molecule has 5 nitrogen and oxygen atoms in total.